The van der Waals surface area contributed by atoms with Crippen molar-refractivity contribution in [1.29, 1.82) is 0 Å². The molecule has 0 saturated heterocycles. The number of nitrogens with one attached hydrogen (secondary N) is 1. The van der Waals surface area contributed by atoms with Gasteiger partial charge >= 0.3 is 5.97 Å². The topological polar surface area (TPSA) is 89.1 Å². The minimum atomic E-state index is -4.05. The van der Waals surface area contributed by atoms with Gasteiger partial charge in [-0.25, -0.2) is 13.2 Å². The van der Waals surface area contributed by atoms with Crippen LogP contribution in [0, 0.1) is 0 Å². The highest BCUT2D eigenvalue weighted by molar-refractivity contribution is 8.13. The molecule has 0 spiro atoms. The van der Waals surface area contributed by atoms with Crippen molar-refractivity contribution in [2.24, 2.45) is 0 Å². The number of carbonyl (C=O) groups excluding carboxylic acids is 1. The second kappa shape index (κ2) is 6.79. The molecule has 0 aliphatic heterocycles. The zero-order valence-corrected chi connectivity index (χ0v) is 13.5. The Morgan fingerprint density at radius 2 is 1.95 bits per heavy atom. The third kappa shape index (κ3) is 3.97. The average molecular weight is 335 g/mol. The number of rotatable bonds is 4. The number of esters is 1. The Labute approximate surface area is 128 Å². The van der Waals surface area contributed by atoms with Crippen LogP contribution in [0.15, 0.2) is 4.90 Å². The molecular formula is C13H19ClN2O4S. The Hall–Kier alpha value is -1.08. The number of hydrogen-bond acceptors (Lipinski definition) is 5. The van der Waals surface area contributed by atoms with E-state index in [0.29, 0.717) is 12.1 Å². The molecule has 118 valence electrons. The average Bonchev–Trinajstić information content (AvgIpc) is 2.71. The van der Waals surface area contributed by atoms with Crippen molar-refractivity contribution < 1.29 is 17.9 Å². The molecule has 0 aromatic carbocycles. The second-order valence-corrected chi connectivity index (χ2v) is 7.69. The summed E-state index contributed by atoms with van der Waals surface area (Å²) in [5.74, 6) is -0.725. The summed E-state index contributed by atoms with van der Waals surface area (Å²) < 4.78 is 28.7. The molecule has 8 heteroatoms. The first-order valence-corrected chi connectivity index (χ1v) is 9.47. The highest BCUT2D eigenvalue weighted by Crippen LogP contribution is 2.26. The van der Waals surface area contributed by atoms with Gasteiger partial charge in [-0.15, -0.1) is 0 Å². The lowest BCUT2D eigenvalue weighted by atomic mass is 10.1. The van der Waals surface area contributed by atoms with Crippen molar-refractivity contribution in [3.05, 3.63) is 11.4 Å². The van der Waals surface area contributed by atoms with E-state index in [9.17, 15) is 13.2 Å². The maximum absolute atomic E-state index is 12.2. The van der Waals surface area contributed by atoms with E-state index < -0.39 is 15.0 Å². The molecular weight excluding hydrogens is 316 g/mol. The molecule has 1 aromatic heterocycles. The zero-order chi connectivity index (χ0) is 15.5. The van der Waals surface area contributed by atoms with Gasteiger partial charge in [0, 0.05) is 10.7 Å². The Kier molecular flexibility index (Phi) is 5.27. The SMILES string of the molecule is CCc1[nH]nc(C(=O)OC2CCCCCC2)c1S(=O)(=O)Cl. The number of ether oxygens (including phenoxy) is 1. The number of nitrogens with zero attached hydrogens (tertiary/aromatic N) is 1. The highest BCUT2D eigenvalue weighted by Gasteiger charge is 2.30. The molecule has 0 amide bonds. The van der Waals surface area contributed by atoms with Crippen molar-refractivity contribution in [2.45, 2.75) is 62.9 Å². The van der Waals surface area contributed by atoms with E-state index in [0.717, 1.165) is 38.5 Å². The first-order valence-electron chi connectivity index (χ1n) is 7.16. The van der Waals surface area contributed by atoms with Crippen LogP contribution in [0.3, 0.4) is 0 Å². The second-order valence-electron chi connectivity index (χ2n) is 5.19. The summed E-state index contributed by atoms with van der Waals surface area (Å²) in [7, 11) is 1.36. The molecule has 1 N–H and O–H groups in total. The predicted octanol–water partition coefficient (Wildman–Crippen LogP) is 2.78. The Bertz CT molecular complexity index is 604. The fourth-order valence-corrected chi connectivity index (χ4v) is 3.92. The van der Waals surface area contributed by atoms with E-state index in [-0.39, 0.29) is 16.7 Å². The van der Waals surface area contributed by atoms with Gasteiger partial charge in [0.25, 0.3) is 9.05 Å². The summed E-state index contributed by atoms with van der Waals surface area (Å²) >= 11 is 0. The summed E-state index contributed by atoms with van der Waals surface area (Å²) in [6, 6.07) is 0. The van der Waals surface area contributed by atoms with E-state index in [1.54, 1.807) is 6.92 Å². The van der Waals surface area contributed by atoms with Gasteiger partial charge in [-0.05, 0) is 32.1 Å². The molecule has 1 fully saturated rings. The molecule has 0 atom stereocenters. The number of aryl methyl sites for hydroxylation is 1. The van der Waals surface area contributed by atoms with Crippen molar-refractivity contribution in [3.63, 3.8) is 0 Å². The summed E-state index contributed by atoms with van der Waals surface area (Å²) in [6.07, 6.45) is 6.12. The van der Waals surface area contributed by atoms with E-state index >= 15 is 0 Å². The van der Waals surface area contributed by atoms with Crippen LogP contribution in [-0.2, 0) is 20.2 Å². The Balaban J connectivity index is 2.21. The molecule has 1 aromatic rings. The lowest BCUT2D eigenvalue weighted by Crippen LogP contribution is -2.19. The van der Waals surface area contributed by atoms with Crippen LogP contribution >= 0.6 is 10.7 Å². The van der Waals surface area contributed by atoms with Crippen LogP contribution < -0.4 is 0 Å². The quantitative estimate of drug-likeness (QED) is 0.519. The number of carbonyl (C=O) groups is 1. The normalized spacial score (nSPS) is 17.4. The number of aromatic nitrogens is 2. The van der Waals surface area contributed by atoms with Gasteiger partial charge in [0.15, 0.2) is 5.69 Å². The summed E-state index contributed by atoms with van der Waals surface area (Å²) in [4.78, 5) is 11.9. The van der Waals surface area contributed by atoms with Crippen molar-refractivity contribution >= 4 is 25.7 Å². The predicted molar refractivity (Wildman–Crippen MR) is 77.9 cm³/mol. The van der Waals surface area contributed by atoms with E-state index in [1.807, 2.05) is 0 Å². The molecule has 1 saturated carbocycles. The van der Waals surface area contributed by atoms with Gasteiger partial charge < -0.3 is 4.74 Å². The third-order valence-corrected chi connectivity index (χ3v) is 5.05. The molecule has 0 bridgehead atoms. The standard InChI is InChI=1S/C13H19ClN2O4S/c1-2-10-12(21(14,18)19)11(16-15-10)13(17)20-9-7-5-3-4-6-8-9/h9H,2-8H2,1H3,(H,15,16). The highest BCUT2D eigenvalue weighted by atomic mass is 35.7. The summed E-state index contributed by atoms with van der Waals surface area (Å²) in [5, 5.41) is 6.33. The Morgan fingerprint density at radius 1 is 1.33 bits per heavy atom. The molecule has 21 heavy (non-hydrogen) atoms. The largest absolute Gasteiger partial charge is 0.458 e. The van der Waals surface area contributed by atoms with Gasteiger partial charge in [0.2, 0.25) is 0 Å². The first-order chi connectivity index (χ1) is 9.93. The molecule has 0 radical (unpaired) electrons. The summed E-state index contributed by atoms with van der Waals surface area (Å²) in [6.45, 7) is 1.75. The molecule has 1 aliphatic carbocycles. The Morgan fingerprint density at radius 3 is 2.48 bits per heavy atom. The lowest BCUT2D eigenvalue weighted by molar-refractivity contribution is 0.0256. The third-order valence-electron chi connectivity index (χ3n) is 3.66. The van der Waals surface area contributed by atoms with E-state index in [4.69, 9.17) is 15.4 Å². The van der Waals surface area contributed by atoms with Crippen LogP contribution in [0.4, 0.5) is 0 Å². The number of halogens is 1. The van der Waals surface area contributed by atoms with E-state index in [2.05, 4.69) is 10.2 Å². The van der Waals surface area contributed by atoms with E-state index in [1.165, 1.54) is 0 Å². The van der Waals surface area contributed by atoms with Crippen molar-refractivity contribution in [1.82, 2.24) is 10.2 Å². The van der Waals surface area contributed by atoms with Gasteiger partial charge in [-0.1, -0.05) is 19.8 Å². The molecule has 0 unspecified atom stereocenters. The monoisotopic (exact) mass is 334 g/mol. The number of hydrogen-bond donors (Lipinski definition) is 1. The van der Waals surface area contributed by atoms with Crippen LogP contribution in [0.25, 0.3) is 0 Å². The van der Waals surface area contributed by atoms with Crippen molar-refractivity contribution in [3.8, 4) is 0 Å². The number of H-pyrrole nitrogens is 1. The van der Waals surface area contributed by atoms with Gasteiger partial charge in [-0.2, -0.15) is 5.10 Å². The zero-order valence-electron chi connectivity index (χ0n) is 11.9. The summed E-state index contributed by atoms with van der Waals surface area (Å²) in [5.41, 5.74) is 0.0731. The molecule has 1 aliphatic rings. The number of aromatic amines is 1. The fourth-order valence-electron chi connectivity index (χ4n) is 2.58. The van der Waals surface area contributed by atoms with Gasteiger partial charge in [-0.3, -0.25) is 5.10 Å². The molecule has 2 rings (SSSR count). The maximum atomic E-state index is 12.2. The minimum absolute atomic E-state index is 0.173. The van der Waals surface area contributed by atoms with Gasteiger partial charge in [0.1, 0.15) is 11.0 Å². The fraction of sp³-hybridized carbons (Fsp3) is 0.692. The molecule has 6 nitrogen and oxygen atoms in total. The minimum Gasteiger partial charge on any atom is -0.458 e. The lowest BCUT2D eigenvalue weighted by Gasteiger charge is -2.14. The first kappa shape index (κ1) is 16.3. The van der Waals surface area contributed by atoms with Crippen LogP contribution in [-0.4, -0.2) is 30.7 Å². The molecule has 1 heterocycles. The smallest absolute Gasteiger partial charge is 0.360 e. The van der Waals surface area contributed by atoms with Crippen LogP contribution in [0.1, 0.15) is 61.6 Å². The maximum Gasteiger partial charge on any atom is 0.360 e. The van der Waals surface area contributed by atoms with Crippen LogP contribution in [0.2, 0.25) is 0 Å². The van der Waals surface area contributed by atoms with Gasteiger partial charge in [0.05, 0.1) is 5.69 Å². The van der Waals surface area contributed by atoms with Crippen LogP contribution in [0.5, 0.6) is 0 Å². The van der Waals surface area contributed by atoms with Crippen molar-refractivity contribution in [2.75, 3.05) is 0 Å².